The summed E-state index contributed by atoms with van der Waals surface area (Å²) < 4.78 is 1.88. The summed E-state index contributed by atoms with van der Waals surface area (Å²) in [5.41, 5.74) is 1.22. The predicted octanol–water partition coefficient (Wildman–Crippen LogP) is 2.92. The first-order valence-electron chi connectivity index (χ1n) is 5.38. The molecule has 0 N–H and O–H groups in total. The van der Waals surface area contributed by atoms with Crippen LogP contribution in [-0.4, -0.2) is 14.6 Å². The summed E-state index contributed by atoms with van der Waals surface area (Å²) in [5.74, 6) is 0.971. The third-order valence-electron chi connectivity index (χ3n) is 2.82. The van der Waals surface area contributed by atoms with Crippen molar-refractivity contribution in [1.29, 1.82) is 0 Å². The van der Waals surface area contributed by atoms with Gasteiger partial charge in [0.05, 0.1) is 5.69 Å². The van der Waals surface area contributed by atoms with E-state index >= 15 is 0 Å². The number of halogens is 1. The van der Waals surface area contributed by atoms with E-state index in [1.807, 2.05) is 17.9 Å². The molecule has 2 rings (SSSR count). The molecule has 0 amide bonds. The predicted molar refractivity (Wildman–Crippen MR) is 61.6 cm³/mol. The molecular weight excluding hydrogens is 240 g/mol. The van der Waals surface area contributed by atoms with Gasteiger partial charge in [0.2, 0.25) is 0 Å². The standard InChI is InChI=1S/C11H17BrN2/c1-14-8-7-10(13-14)3-2-4-11(12)9-5-6-9/h7-9,11H,2-6H2,1H3. The molecule has 1 aromatic rings. The number of hydrogen-bond donors (Lipinski definition) is 0. The minimum absolute atomic E-state index is 0.756. The highest BCUT2D eigenvalue weighted by Crippen LogP contribution is 2.38. The molecule has 2 nitrogen and oxygen atoms in total. The second kappa shape index (κ2) is 4.47. The highest BCUT2D eigenvalue weighted by Gasteiger charge is 2.28. The maximum Gasteiger partial charge on any atom is 0.0624 e. The minimum Gasteiger partial charge on any atom is -0.276 e. The third kappa shape index (κ3) is 2.84. The quantitative estimate of drug-likeness (QED) is 0.741. The Balaban J connectivity index is 1.67. The van der Waals surface area contributed by atoms with Gasteiger partial charge < -0.3 is 0 Å². The van der Waals surface area contributed by atoms with Crippen molar-refractivity contribution in [3.05, 3.63) is 18.0 Å². The summed E-state index contributed by atoms with van der Waals surface area (Å²) in [7, 11) is 1.97. The van der Waals surface area contributed by atoms with E-state index in [-0.39, 0.29) is 0 Å². The number of aryl methyl sites for hydroxylation is 2. The smallest absolute Gasteiger partial charge is 0.0624 e. The fourth-order valence-corrected chi connectivity index (χ4v) is 2.62. The first-order valence-corrected chi connectivity index (χ1v) is 6.30. The van der Waals surface area contributed by atoms with E-state index in [1.165, 1.54) is 31.4 Å². The highest BCUT2D eigenvalue weighted by molar-refractivity contribution is 9.09. The van der Waals surface area contributed by atoms with E-state index in [0.717, 1.165) is 17.2 Å². The van der Waals surface area contributed by atoms with E-state index in [1.54, 1.807) is 0 Å². The molecule has 1 atom stereocenters. The van der Waals surface area contributed by atoms with Gasteiger partial charge in [0.15, 0.2) is 0 Å². The van der Waals surface area contributed by atoms with Crippen LogP contribution in [0.2, 0.25) is 0 Å². The Morgan fingerprint density at radius 3 is 3.00 bits per heavy atom. The van der Waals surface area contributed by atoms with E-state index in [4.69, 9.17) is 0 Å². The summed E-state index contributed by atoms with van der Waals surface area (Å²) in [6, 6.07) is 2.11. The summed E-state index contributed by atoms with van der Waals surface area (Å²) in [6.45, 7) is 0. The third-order valence-corrected chi connectivity index (χ3v) is 4.02. The van der Waals surface area contributed by atoms with Crippen LogP contribution >= 0.6 is 15.9 Å². The molecule has 0 aliphatic heterocycles. The molecule has 0 saturated heterocycles. The first-order chi connectivity index (χ1) is 6.75. The Hall–Kier alpha value is -0.310. The molecule has 1 aliphatic rings. The van der Waals surface area contributed by atoms with Gasteiger partial charge in [-0.3, -0.25) is 4.68 Å². The molecule has 1 heterocycles. The van der Waals surface area contributed by atoms with Gasteiger partial charge in [0, 0.05) is 18.1 Å². The van der Waals surface area contributed by atoms with E-state index < -0.39 is 0 Å². The molecule has 1 aromatic heterocycles. The van der Waals surface area contributed by atoms with Crippen molar-refractivity contribution >= 4 is 15.9 Å². The maximum atomic E-state index is 4.37. The largest absolute Gasteiger partial charge is 0.276 e. The van der Waals surface area contributed by atoms with Crippen LogP contribution in [-0.2, 0) is 13.5 Å². The van der Waals surface area contributed by atoms with Gasteiger partial charge in [-0.2, -0.15) is 5.10 Å². The lowest BCUT2D eigenvalue weighted by Crippen LogP contribution is -2.01. The molecule has 78 valence electrons. The molecule has 14 heavy (non-hydrogen) atoms. The van der Waals surface area contributed by atoms with Crippen molar-refractivity contribution in [2.24, 2.45) is 13.0 Å². The van der Waals surface area contributed by atoms with Crippen LogP contribution < -0.4 is 0 Å². The van der Waals surface area contributed by atoms with Gasteiger partial charge in [-0.1, -0.05) is 15.9 Å². The average molecular weight is 257 g/mol. The fraction of sp³-hybridized carbons (Fsp3) is 0.727. The lowest BCUT2D eigenvalue weighted by molar-refractivity contribution is 0.640. The topological polar surface area (TPSA) is 17.8 Å². The van der Waals surface area contributed by atoms with Crippen molar-refractivity contribution < 1.29 is 0 Å². The summed E-state index contributed by atoms with van der Waals surface area (Å²) in [6.07, 6.45) is 8.54. The van der Waals surface area contributed by atoms with Gasteiger partial charge in [-0.15, -0.1) is 0 Å². The highest BCUT2D eigenvalue weighted by atomic mass is 79.9. The molecule has 0 spiro atoms. The molecule has 1 saturated carbocycles. The van der Waals surface area contributed by atoms with Gasteiger partial charge in [-0.25, -0.2) is 0 Å². The van der Waals surface area contributed by atoms with Crippen LogP contribution in [0.25, 0.3) is 0 Å². The Morgan fingerprint density at radius 2 is 2.43 bits per heavy atom. The molecule has 0 aromatic carbocycles. The van der Waals surface area contributed by atoms with Crippen molar-refractivity contribution in [2.45, 2.75) is 36.9 Å². The van der Waals surface area contributed by atoms with Crippen molar-refractivity contribution in [3.8, 4) is 0 Å². The second-order valence-corrected chi connectivity index (χ2v) is 5.40. The van der Waals surface area contributed by atoms with Crippen LogP contribution in [0.15, 0.2) is 12.3 Å². The zero-order chi connectivity index (χ0) is 9.97. The molecule has 1 aliphatic carbocycles. The lowest BCUT2D eigenvalue weighted by atomic mass is 10.1. The number of aromatic nitrogens is 2. The van der Waals surface area contributed by atoms with E-state index in [0.29, 0.717) is 0 Å². The van der Waals surface area contributed by atoms with Crippen molar-refractivity contribution in [2.75, 3.05) is 0 Å². The number of nitrogens with zero attached hydrogens (tertiary/aromatic N) is 2. The Kier molecular flexibility index (Phi) is 3.26. The van der Waals surface area contributed by atoms with Crippen LogP contribution in [0.1, 0.15) is 31.4 Å². The molecule has 1 fully saturated rings. The monoisotopic (exact) mass is 256 g/mol. The van der Waals surface area contributed by atoms with Crippen LogP contribution in [0.3, 0.4) is 0 Å². The Bertz CT molecular complexity index is 291. The molecule has 0 radical (unpaired) electrons. The fourth-order valence-electron chi connectivity index (χ4n) is 1.77. The van der Waals surface area contributed by atoms with Gasteiger partial charge >= 0.3 is 0 Å². The van der Waals surface area contributed by atoms with Crippen molar-refractivity contribution in [1.82, 2.24) is 9.78 Å². The molecule has 0 bridgehead atoms. The number of rotatable bonds is 5. The zero-order valence-electron chi connectivity index (χ0n) is 8.62. The van der Waals surface area contributed by atoms with Crippen LogP contribution in [0.5, 0.6) is 0 Å². The minimum atomic E-state index is 0.756. The first kappa shape index (κ1) is 10.2. The Labute approximate surface area is 93.8 Å². The normalized spacial score (nSPS) is 18.4. The molecular formula is C11H17BrN2. The lowest BCUT2D eigenvalue weighted by Gasteiger charge is -2.06. The maximum absolute atomic E-state index is 4.37. The second-order valence-electron chi connectivity index (χ2n) is 4.23. The summed E-state index contributed by atoms with van der Waals surface area (Å²) in [4.78, 5) is 0.756. The van der Waals surface area contributed by atoms with Gasteiger partial charge in [0.25, 0.3) is 0 Å². The Morgan fingerprint density at radius 1 is 1.64 bits per heavy atom. The SMILES string of the molecule is Cn1ccc(CCCC(Br)C2CC2)n1. The van der Waals surface area contributed by atoms with E-state index in [2.05, 4.69) is 27.1 Å². The van der Waals surface area contributed by atoms with Gasteiger partial charge in [0.1, 0.15) is 0 Å². The van der Waals surface area contributed by atoms with E-state index in [9.17, 15) is 0 Å². The van der Waals surface area contributed by atoms with Crippen LogP contribution in [0, 0.1) is 5.92 Å². The molecule has 1 unspecified atom stereocenters. The zero-order valence-corrected chi connectivity index (χ0v) is 10.2. The number of hydrogen-bond acceptors (Lipinski definition) is 1. The van der Waals surface area contributed by atoms with Crippen molar-refractivity contribution in [3.63, 3.8) is 0 Å². The van der Waals surface area contributed by atoms with Gasteiger partial charge in [-0.05, 0) is 44.1 Å². The van der Waals surface area contributed by atoms with Crippen LogP contribution in [0.4, 0.5) is 0 Å². The summed E-state index contributed by atoms with van der Waals surface area (Å²) >= 11 is 3.76. The average Bonchev–Trinajstić information content (AvgIpc) is 2.92. The number of alkyl halides is 1. The molecule has 3 heteroatoms. The summed E-state index contributed by atoms with van der Waals surface area (Å²) in [5, 5.41) is 4.37.